The van der Waals surface area contributed by atoms with Gasteiger partial charge in [0.2, 0.25) is 0 Å². The molecule has 0 aliphatic rings. The zero-order chi connectivity index (χ0) is 47.1. The van der Waals surface area contributed by atoms with E-state index in [0.717, 1.165) is 23.3 Å². The number of benzene rings is 3. The Morgan fingerprint density at radius 2 is 0.984 bits per heavy atom. The molecule has 8 nitrogen and oxygen atoms in total. The Morgan fingerprint density at radius 1 is 0.548 bits per heavy atom. The first-order valence-electron chi connectivity index (χ1n) is 21.8. The summed E-state index contributed by atoms with van der Waals surface area (Å²) in [5.41, 5.74) is 1.50. The average Bonchev–Trinajstić information content (AvgIpc) is 3.14. The number of carbonyl (C=O) groups is 4. The lowest BCUT2D eigenvalue weighted by Crippen LogP contribution is -2.36. The van der Waals surface area contributed by atoms with Crippen molar-refractivity contribution in [2.75, 3.05) is 6.61 Å². The molecule has 0 fully saturated rings. The van der Waals surface area contributed by atoms with Crippen LogP contribution in [0.2, 0.25) is 5.02 Å². The summed E-state index contributed by atoms with van der Waals surface area (Å²) < 4.78 is 21.9. The van der Waals surface area contributed by atoms with E-state index in [2.05, 4.69) is 48.5 Å². The average molecular weight is 884 g/mol. The van der Waals surface area contributed by atoms with E-state index in [1.54, 1.807) is 33.8 Å². The van der Waals surface area contributed by atoms with Gasteiger partial charge in [0.25, 0.3) is 0 Å². The minimum atomic E-state index is -1.28. The standard InChI is InChI=1S/C28H29ClO4.C10H18O3.C8H18.C6H14O.CH4/c1-20-14-16-22(17-15-20)28(21-10-6-5-7-11-21,23-12-8-9-13-24(23)29)33-26(31)19-18-25(30)32-27(2,3)4;1-5-8(11)6-7-9(12)13-10(2,3)4;1-5-6-7-8(2,3)4;1-5-7-6(2,3)4;/h5-17H,18-19H2,1-4H3;5-7H2,1-4H3;5-7H2,1-4H3;5H2,1-4H3;1H4. The molecule has 0 heterocycles. The zero-order valence-electron chi connectivity index (χ0n) is 40.5. The smallest absolute Gasteiger partial charge is 0.307 e. The van der Waals surface area contributed by atoms with Crippen molar-refractivity contribution in [1.29, 1.82) is 0 Å². The molecule has 0 aliphatic heterocycles. The van der Waals surface area contributed by atoms with Gasteiger partial charge in [-0.2, -0.15) is 0 Å². The van der Waals surface area contributed by atoms with Gasteiger partial charge in [-0.05, 0) is 94.1 Å². The normalized spacial score (nSPS) is 12.2. The Hall–Kier alpha value is -4.01. The molecular formula is C53H83ClO8. The van der Waals surface area contributed by atoms with Crippen molar-refractivity contribution >= 4 is 35.3 Å². The molecule has 0 aromatic heterocycles. The second kappa shape index (κ2) is 28.6. The molecule has 0 saturated heterocycles. The Labute approximate surface area is 382 Å². The molecule has 0 aliphatic carbocycles. The highest BCUT2D eigenvalue weighted by atomic mass is 35.5. The predicted octanol–water partition coefficient (Wildman–Crippen LogP) is 14.4. The van der Waals surface area contributed by atoms with Gasteiger partial charge in [0.05, 0.1) is 24.9 Å². The molecule has 0 saturated carbocycles. The van der Waals surface area contributed by atoms with Gasteiger partial charge in [0.1, 0.15) is 17.0 Å². The summed E-state index contributed by atoms with van der Waals surface area (Å²) in [6.07, 6.45) is 4.87. The molecule has 0 amide bonds. The van der Waals surface area contributed by atoms with Crippen molar-refractivity contribution in [3.05, 3.63) is 106 Å². The molecule has 1 unspecified atom stereocenters. The third kappa shape index (κ3) is 27.1. The van der Waals surface area contributed by atoms with E-state index in [-0.39, 0.29) is 44.0 Å². The quantitative estimate of drug-likeness (QED) is 0.0895. The highest BCUT2D eigenvalue weighted by Crippen LogP contribution is 2.44. The van der Waals surface area contributed by atoms with Gasteiger partial charge in [0, 0.05) is 41.2 Å². The van der Waals surface area contributed by atoms with Crippen LogP contribution < -0.4 is 0 Å². The maximum Gasteiger partial charge on any atom is 0.307 e. The van der Waals surface area contributed by atoms with E-state index in [0.29, 0.717) is 28.8 Å². The number of aryl methyl sites for hydroxylation is 1. The first-order valence-corrected chi connectivity index (χ1v) is 22.2. The molecule has 9 heteroatoms. The summed E-state index contributed by atoms with van der Waals surface area (Å²) >= 11 is 6.66. The lowest BCUT2D eigenvalue weighted by molar-refractivity contribution is -0.161. The van der Waals surface area contributed by atoms with Crippen molar-refractivity contribution < 1.29 is 38.1 Å². The van der Waals surface area contributed by atoms with Crippen LogP contribution in [0, 0.1) is 12.3 Å². The van der Waals surface area contributed by atoms with Crippen LogP contribution in [-0.4, -0.2) is 47.1 Å². The van der Waals surface area contributed by atoms with Gasteiger partial charge >= 0.3 is 17.9 Å². The van der Waals surface area contributed by atoms with Gasteiger partial charge in [-0.3, -0.25) is 19.2 Å². The minimum Gasteiger partial charge on any atom is -0.460 e. The molecule has 1 atom stereocenters. The lowest BCUT2D eigenvalue weighted by Gasteiger charge is -2.36. The monoisotopic (exact) mass is 883 g/mol. The van der Waals surface area contributed by atoms with Crippen LogP contribution in [0.15, 0.2) is 78.9 Å². The van der Waals surface area contributed by atoms with Crippen molar-refractivity contribution in [2.45, 2.75) is 192 Å². The first-order chi connectivity index (χ1) is 28.1. The Bertz CT molecular complexity index is 1720. The molecule has 3 rings (SSSR count). The summed E-state index contributed by atoms with van der Waals surface area (Å²) in [5.74, 6) is -1.16. The van der Waals surface area contributed by atoms with Crippen LogP contribution in [0.5, 0.6) is 0 Å². The maximum absolute atomic E-state index is 13.2. The molecule has 0 radical (unpaired) electrons. The van der Waals surface area contributed by atoms with Gasteiger partial charge in [-0.25, -0.2) is 0 Å². The van der Waals surface area contributed by atoms with Gasteiger partial charge in [0.15, 0.2) is 5.60 Å². The van der Waals surface area contributed by atoms with Crippen LogP contribution in [0.3, 0.4) is 0 Å². The van der Waals surface area contributed by atoms with E-state index in [9.17, 15) is 19.2 Å². The highest BCUT2D eigenvalue weighted by Gasteiger charge is 2.42. The summed E-state index contributed by atoms with van der Waals surface area (Å²) in [6, 6.07) is 24.6. The second-order valence-corrected chi connectivity index (χ2v) is 19.5. The first kappa shape index (κ1) is 60.1. The van der Waals surface area contributed by atoms with Crippen LogP contribution in [-0.2, 0) is 43.7 Å². The number of ketones is 1. The molecular weight excluding hydrogens is 800 g/mol. The molecule has 3 aromatic carbocycles. The predicted molar refractivity (Wildman–Crippen MR) is 258 cm³/mol. The third-order valence-electron chi connectivity index (χ3n) is 8.39. The minimum absolute atomic E-state index is 0. The van der Waals surface area contributed by atoms with E-state index < -0.39 is 28.7 Å². The summed E-state index contributed by atoms with van der Waals surface area (Å²) in [5, 5.41) is 0.474. The number of esters is 3. The SMILES string of the molecule is C.CCC(=O)CCC(=O)OC(C)(C)C.CCCCC(C)(C)C.CCOC(C)(C)C.Cc1ccc(C(OC(=O)CCC(=O)OC(C)(C)C)(c2ccccc2)c2ccccc2Cl)cc1. The van der Waals surface area contributed by atoms with Gasteiger partial charge in [-0.15, -0.1) is 0 Å². The Balaban J connectivity index is 0. The van der Waals surface area contributed by atoms with Gasteiger partial charge < -0.3 is 18.9 Å². The summed E-state index contributed by atoms with van der Waals surface area (Å²) in [4.78, 5) is 47.3. The fraction of sp³-hybridized carbons (Fsp3) is 0.585. The van der Waals surface area contributed by atoms with Crippen LogP contribution in [0.4, 0.5) is 0 Å². The van der Waals surface area contributed by atoms with Crippen LogP contribution >= 0.6 is 11.6 Å². The third-order valence-corrected chi connectivity index (χ3v) is 8.72. The number of rotatable bonds is 14. The van der Waals surface area contributed by atoms with Crippen molar-refractivity contribution in [3.8, 4) is 0 Å². The number of Topliss-reactive ketones (excluding diaryl/α,β-unsaturated/α-hetero) is 1. The van der Waals surface area contributed by atoms with Crippen LogP contribution in [0.1, 0.15) is 185 Å². The number of ether oxygens (including phenoxy) is 4. The topological polar surface area (TPSA) is 105 Å². The Morgan fingerprint density at radius 3 is 1.35 bits per heavy atom. The molecule has 0 spiro atoms. The summed E-state index contributed by atoms with van der Waals surface area (Å²) in [6.45, 7) is 32.7. The molecule has 0 N–H and O–H groups in total. The van der Waals surface area contributed by atoms with E-state index in [4.69, 9.17) is 30.5 Å². The number of unbranched alkanes of at least 4 members (excludes halogenated alkanes) is 1. The largest absolute Gasteiger partial charge is 0.460 e. The van der Waals surface area contributed by atoms with E-state index in [1.807, 2.05) is 107 Å². The number of carbonyl (C=O) groups excluding carboxylic acids is 4. The summed E-state index contributed by atoms with van der Waals surface area (Å²) in [7, 11) is 0. The van der Waals surface area contributed by atoms with E-state index >= 15 is 0 Å². The number of halogens is 1. The van der Waals surface area contributed by atoms with Crippen LogP contribution in [0.25, 0.3) is 0 Å². The van der Waals surface area contributed by atoms with E-state index in [1.165, 1.54) is 19.3 Å². The zero-order valence-corrected chi connectivity index (χ0v) is 41.3. The molecule has 350 valence electrons. The highest BCUT2D eigenvalue weighted by molar-refractivity contribution is 6.31. The van der Waals surface area contributed by atoms with Gasteiger partial charge in [-0.1, -0.05) is 145 Å². The molecule has 62 heavy (non-hydrogen) atoms. The number of hydrogen-bond donors (Lipinski definition) is 0. The second-order valence-electron chi connectivity index (χ2n) is 19.1. The van der Waals surface area contributed by atoms with Crippen molar-refractivity contribution in [2.24, 2.45) is 5.41 Å². The molecule has 3 aromatic rings. The molecule has 0 bridgehead atoms. The van der Waals surface area contributed by atoms with Crippen molar-refractivity contribution in [3.63, 3.8) is 0 Å². The fourth-order valence-corrected chi connectivity index (χ4v) is 5.90. The fourth-order valence-electron chi connectivity index (χ4n) is 5.63. The Kier molecular flexibility index (Phi) is 27.7. The lowest BCUT2D eigenvalue weighted by atomic mass is 9.79. The number of hydrogen-bond acceptors (Lipinski definition) is 8. The maximum atomic E-state index is 13.2. The van der Waals surface area contributed by atoms with Crippen molar-refractivity contribution in [1.82, 2.24) is 0 Å².